The summed E-state index contributed by atoms with van der Waals surface area (Å²) in [5.41, 5.74) is 2.86. The van der Waals surface area contributed by atoms with Crippen molar-refractivity contribution in [2.24, 2.45) is 12.1 Å². The minimum absolute atomic E-state index is 0.0531. The second kappa shape index (κ2) is 9.38. The predicted molar refractivity (Wildman–Crippen MR) is 134 cm³/mol. The highest BCUT2D eigenvalue weighted by atomic mass is 16.5. The molecule has 0 unspecified atom stereocenters. The van der Waals surface area contributed by atoms with Crippen molar-refractivity contribution in [1.29, 1.82) is 0 Å². The molecular weight excluding hydrogens is 448 g/mol. The SMILES string of the molecule is C=Nn1cc(C(=O)N2C[C@@H](O)C[C@H]2C)c(C)c1/C(=C\C)Oc1ccc2c(C(=O)NC)n(C)nc2c1. The highest BCUT2D eigenvalue weighted by molar-refractivity contribution is 6.05. The van der Waals surface area contributed by atoms with Crippen LogP contribution in [-0.4, -0.2) is 68.7 Å². The number of aliphatic hydroxyl groups is 1. The maximum atomic E-state index is 13.3. The van der Waals surface area contributed by atoms with Crippen LogP contribution < -0.4 is 10.1 Å². The van der Waals surface area contributed by atoms with E-state index in [9.17, 15) is 14.7 Å². The molecule has 0 spiro atoms. The molecule has 2 amide bonds. The maximum absolute atomic E-state index is 13.3. The van der Waals surface area contributed by atoms with Gasteiger partial charge in [0.15, 0.2) is 0 Å². The number of allylic oxidation sites excluding steroid dienone is 1. The largest absolute Gasteiger partial charge is 0.455 e. The van der Waals surface area contributed by atoms with E-state index in [-0.39, 0.29) is 17.9 Å². The first kappa shape index (κ1) is 24.2. The minimum atomic E-state index is -0.520. The van der Waals surface area contributed by atoms with E-state index in [2.05, 4.69) is 22.2 Å². The van der Waals surface area contributed by atoms with Crippen molar-refractivity contribution in [2.45, 2.75) is 39.3 Å². The van der Waals surface area contributed by atoms with Gasteiger partial charge in [0.2, 0.25) is 0 Å². The Hall–Kier alpha value is -3.92. The third-order valence-corrected chi connectivity index (χ3v) is 6.41. The van der Waals surface area contributed by atoms with E-state index in [0.717, 1.165) is 0 Å². The molecule has 2 N–H and O–H groups in total. The molecule has 1 aliphatic rings. The van der Waals surface area contributed by atoms with Crippen molar-refractivity contribution in [3.63, 3.8) is 0 Å². The van der Waals surface area contributed by atoms with Crippen LogP contribution >= 0.6 is 0 Å². The van der Waals surface area contributed by atoms with Crippen LogP contribution in [0.3, 0.4) is 0 Å². The molecular formula is C25H30N6O4. The molecule has 2 aromatic heterocycles. The van der Waals surface area contributed by atoms with Gasteiger partial charge in [0.25, 0.3) is 11.8 Å². The number of likely N-dealkylation sites (tertiary alicyclic amines) is 1. The normalized spacial score (nSPS) is 18.2. The number of ether oxygens (including phenoxy) is 1. The predicted octanol–water partition coefficient (Wildman–Crippen LogP) is 2.54. The first-order chi connectivity index (χ1) is 16.7. The molecule has 10 heteroatoms. The lowest BCUT2D eigenvalue weighted by Crippen LogP contribution is -2.34. The first-order valence-electron chi connectivity index (χ1n) is 11.4. The van der Waals surface area contributed by atoms with Crippen LogP contribution in [-0.2, 0) is 7.05 Å². The molecule has 184 valence electrons. The summed E-state index contributed by atoms with van der Waals surface area (Å²) < 4.78 is 9.27. The number of fused-ring (bicyclic) bond motifs is 1. The zero-order chi connectivity index (χ0) is 25.4. The van der Waals surface area contributed by atoms with Crippen LogP contribution in [0.15, 0.2) is 35.6 Å². The van der Waals surface area contributed by atoms with Gasteiger partial charge in [-0.05, 0) is 51.0 Å². The third kappa shape index (κ3) is 4.21. The second-order valence-corrected chi connectivity index (χ2v) is 8.68. The molecule has 1 aliphatic heterocycles. The van der Waals surface area contributed by atoms with E-state index in [1.807, 2.05) is 20.8 Å². The van der Waals surface area contributed by atoms with Crippen LogP contribution in [0.5, 0.6) is 5.75 Å². The highest BCUT2D eigenvalue weighted by Gasteiger charge is 2.34. The van der Waals surface area contributed by atoms with Gasteiger partial charge in [-0.25, -0.2) is 4.68 Å². The van der Waals surface area contributed by atoms with E-state index >= 15 is 0 Å². The molecule has 0 radical (unpaired) electrons. The first-order valence-corrected chi connectivity index (χ1v) is 11.4. The molecule has 0 saturated carbocycles. The van der Waals surface area contributed by atoms with Crippen LogP contribution in [0.1, 0.15) is 52.4 Å². The molecule has 1 aromatic carbocycles. The fourth-order valence-electron chi connectivity index (χ4n) is 4.65. The Balaban J connectivity index is 1.68. The third-order valence-electron chi connectivity index (χ3n) is 6.41. The summed E-state index contributed by atoms with van der Waals surface area (Å²) in [5.74, 6) is 0.625. The number of aliphatic hydroxyl groups excluding tert-OH is 1. The average molecular weight is 479 g/mol. The number of benzene rings is 1. The van der Waals surface area contributed by atoms with Crippen molar-refractivity contribution in [3.8, 4) is 5.75 Å². The quantitative estimate of drug-likeness (QED) is 0.418. The number of rotatable bonds is 6. The van der Waals surface area contributed by atoms with Gasteiger partial charge in [0.1, 0.15) is 22.9 Å². The van der Waals surface area contributed by atoms with Gasteiger partial charge in [0.05, 0.1) is 17.2 Å². The van der Waals surface area contributed by atoms with Gasteiger partial charge in [-0.15, -0.1) is 0 Å². The lowest BCUT2D eigenvalue weighted by molar-refractivity contribution is 0.0725. The summed E-state index contributed by atoms with van der Waals surface area (Å²) in [6, 6.07) is 5.27. The van der Waals surface area contributed by atoms with Crippen LogP contribution in [0.4, 0.5) is 0 Å². The van der Waals surface area contributed by atoms with E-state index in [4.69, 9.17) is 4.74 Å². The topological polar surface area (TPSA) is 114 Å². The van der Waals surface area contributed by atoms with Crippen molar-refractivity contribution in [1.82, 2.24) is 24.7 Å². The summed E-state index contributed by atoms with van der Waals surface area (Å²) >= 11 is 0. The van der Waals surface area contributed by atoms with Gasteiger partial charge in [-0.1, -0.05) is 0 Å². The van der Waals surface area contributed by atoms with Crippen molar-refractivity contribution >= 4 is 35.2 Å². The summed E-state index contributed by atoms with van der Waals surface area (Å²) in [6.45, 7) is 9.55. The molecule has 3 heterocycles. The van der Waals surface area contributed by atoms with E-state index < -0.39 is 6.10 Å². The van der Waals surface area contributed by atoms with Gasteiger partial charge in [-0.3, -0.25) is 14.3 Å². The number of carbonyl (C=O) groups excluding carboxylic acids is 2. The Bertz CT molecular complexity index is 1350. The number of aromatic nitrogens is 3. The number of carbonyl (C=O) groups is 2. The van der Waals surface area contributed by atoms with Gasteiger partial charge < -0.3 is 20.1 Å². The smallest absolute Gasteiger partial charge is 0.269 e. The minimum Gasteiger partial charge on any atom is -0.455 e. The second-order valence-electron chi connectivity index (χ2n) is 8.68. The number of aryl methyl sites for hydroxylation is 1. The molecule has 1 fully saturated rings. The Kier molecular flexibility index (Phi) is 6.49. The summed E-state index contributed by atoms with van der Waals surface area (Å²) in [7, 11) is 3.29. The average Bonchev–Trinajstić information content (AvgIpc) is 3.47. The van der Waals surface area contributed by atoms with Crippen LogP contribution in [0.2, 0.25) is 0 Å². The van der Waals surface area contributed by atoms with Crippen molar-refractivity contribution in [2.75, 3.05) is 13.6 Å². The van der Waals surface area contributed by atoms with Crippen molar-refractivity contribution in [3.05, 3.63) is 53.0 Å². The number of nitrogens with one attached hydrogen (secondary N) is 1. The summed E-state index contributed by atoms with van der Waals surface area (Å²) in [6.07, 6.45) is 3.47. The lowest BCUT2D eigenvalue weighted by Gasteiger charge is -2.21. The lowest BCUT2D eigenvalue weighted by atomic mass is 10.1. The summed E-state index contributed by atoms with van der Waals surface area (Å²) in [4.78, 5) is 27.2. The Morgan fingerprint density at radius 1 is 1.34 bits per heavy atom. The number of hydrogen-bond acceptors (Lipinski definition) is 6. The van der Waals surface area contributed by atoms with Crippen LogP contribution in [0, 0.1) is 6.92 Å². The Morgan fingerprint density at radius 3 is 2.69 bits per heavy atom. The van der Waals surface area contributed by atoms with Gasteiger partial charge in [0, 0.05) is 51.0 Å². The molecule has 4 rings (SSSR count). The number of amides is 2. The molecule has 0 aliphatic carbocycles. The zero-order valence-electron chi connectivity index (χ0n) is 20.6. The Morgan fingerprint density at radius 2 is 2.09 bits per heavy atom. The molecule has 3 aromatic rings. The standard InChI is InChI=1S/C25H30N6O4/c1-7-21(35-17-8-9-18-20(11-17)28-29(6)23(18)24(33)26-4)22-15(3)19(13-31(22)27-5)25(34)30-12-16(32)10-14(30)2/h7-9,11,13-14,16,32H,5,10,12H2,1-4,6H3,(H,26,33)/b21-7+/t14-,16+/m1/s1. The van der Waals surface area contributed by atoms with E-state index in [1.54, 1.807) is 49.5 Å². The molecule has 10 nitrogen and oxygen atoms in total. The molecule has 0 bridgehead atoms. The molecule has 35 heavy (non-hydrogen) atoms. The van der Waals surface area contributed by atoms with Crippen LogP contribution in [0.25, 0.3) is 16.7 Å². The van der Waals surface area contributed by atoms with Crippen molar-refractivity contribution < 1.29 is 19.4 Å². The van der Waals surface area contributed by atoms with E-state index in [1.165, 1.54) is 9.36 Å². The highest BCUT2D eigenvalue weighted by Crippen LogP contribution is 2.31. The van der Waals surface area contributed by atoms with Gasteiger partial charge >= 0.3 is 0 Å². The number of nitrogens with zero attached hydrogens (tertiary/aromatic N) is 5. The van der Waals surface area contributed by atoms with E-state index in [0.29, 0.717) is 57.9 Å². The molecule has 1 saturated heterocycles. The fourth-order valence-corrected chi connectivity index (χ4v) is 4.65. The maximum Gasteiger partial charge on any atom is 0.269 e. The monoisotopic (exact) mass is 478 g/mol. The van der Waals surface area contributed by atoms with Gasteiger partial charge in [-0.2, -0.15) is 10.2 Å². The Labute approximate surface area is 203 Å². The number of hydrogen-bond donors (Lipinski definition) is 2. The number of β-amino-alcohol motifs (C(OH)–C–C–N with tert-alkyl or cyclic N) is 1. The fraction of sp³-hybridized carbons (Fsp3) is 0.360. The summed E-state index contributed by atoms with van der Waals surface area (Å²) in [5, 5.41) is 21.8. The zero-order valence-corrected chi connectivity index (χ0v) is 20.6. The molecule has 2 atom stereocenters.